The molecule has 0 bridgehead atoms. The number of aromatic nitrogens is 2. The van der Waals surface area contributed by atoms with E-state index in [2.05, 4.69) is 29.1 Å². The fourth-order valence-corrected chi connectivity index (χ4v) is 1.00. The summed E-state index contributed by atoms with van der Waals surface area (Å²) in [4.78, 5) is 7.77. The summed E-state index contributed by atoms with van der Waals surface area (Å²) in [6, 6.07) is 2.22. The van der Waals surface area contributed by atoms with Crippen molar-refractivity contribution < 1.29 is 0 Å². The van der Waals surface area contributed by atoms with Gasteiger partial charge < -0.3 is 11.1 Å². The summed E-state index contributed by atoms with van der Waals surface area (Å²) in [5, 5.41) is 12.0. The van der Waals surface area contributed by atoms with E-state index < -0.39 is 0 Å². The summed E-state index contributed by atoms with van der Waals surface area (Å²) in [6.07, 6.45) is 1.35. The summed E-state index contributed by atoms with van der Waals surface area (Å²) >= 11 is 0. The van der Waals surface area contributed by atoms with E-state index in [9.17, 15) is 0 Å². The molecule has 1 atom stereocenters. The molecule has 1 aromatic heterocycles. The Morgan fingerprint density at radius 3 is 2.60 bits per heavy atom. The third kappa shape index (κ3) is 2.56. The van der Waals surface area contributed by atoms with Gasteiger partial charge in [-0.1, -0.05) is 13.8 Å². The highest BCUT2D eigenvalue weighted by molar-refractivity contribution is 5.62. The minimum Gasteiger partial charge on any atom is -0.382 e. The van der Waals surface area contributed by atoms with Crippen LogP contribution < -0.4 is 11.1 Å². The van der Waals surface area contributed by atoms with E-state index in [4.69, 9.17) is 11.0 Å². The molecule has 1 heterocycles. The minimum absolute atomic E-state index is 0.214. The number of nitrogens with zero attached hydrogens (tertiary/aromatic N) is 3. The van der Waals surface area contributed by atoms with Gasteiger partial charge >= 0.3 is 0 Å². The molecule has 0 aliphatic heterocycles. The van der Waals surface area contributed by atoms with Crippen LogP contribution >= 0.6 is 0 Å². The van der Waals surface area contributed by atoms with Crippen molar-refractivity contribution in [2.45, 2.75) is 26.8 Å². The molecular weight excluding hydrogens is 190 g/mol. The van der Waals surface area contributed by atoms with Gasteiger partial charge in [0.05, 0.1) is 0 Å². The second kappa shape index (κ2) is 4.60. The van der Waals surface area contributed by atoms with Gasteiger partial charge in [-0.15, -0.1) is 0 Å². The standard InChI is InChI=1S/C10H15N5/c1-6(2)7(3)15-10-8(4-11)9(12)13-5-14-10/h5-7H,1-3H3,(H3,12,13,14,15)/t7-/m0/s1. The maximum atomic E-state index is 8.90. The van der Waals surface area contributed by atoms with Crippen LogP contribution in [0.15, 0.2) is 6.33 Å². The largest absolute Gasteiger partial charge is 0.382 e. The first-order valence-electron chi connectivity index (χ1n) is 4.83. The van der Waals surface area contributed by atoms with E-state index >= 15 is 0 Å². The number of hydrogen-bond acceptors (Lipinski definition) is 5. The van der Waals surface area contributed by atoms with Crippen LogP contribution in [-0.4, -0.2) is 16.0 Å². The second-order valence-electron chi connectivity index (χ2n) is 3.77. The Morgan fingerprint density at radius 2 is 2.07 bits per heavy atom. The van der Waals surface area contributed by atoms with Crippen LogP contribution in [-0.2, 0) is 0 Å². The lowest BCUT2D eigenvalue weighted by atomic mass is 10.1. The van der Waals surface area contributed by atoms with Crippen LogP contribution in [0.5, 0.6) is 0 Å². The highest BCUT2D eigenvalue weighted by Gasteiger charge is 2.12. The molecule has 0 amide bonds. The number of anilines is 2. The topological polar surface area (TPSA) is 87.6 Å². The lowest BCUT2D eigenvalue weighted by molar-refractivity contribution is 0.558. The number of nitrogens with two attached hydrogens (primary N) is 1. The van der Waals surface area contributed by atoms with Gasteiger partial charge in [-0.05, 0) is 12.8 Å². The molecule has 80 valence electrons. The van der Waals surface area contributed by atoms with Crippen molar-refractivity contribution in [3.8, 4) is 6.07 Å². The van der Waals surface area contributed by atoms with E-state index in [-0.39, 0.29) is 11.9 Å². The number of nitrogen functional groups attached to an aromatic ring is 1. The molecule has 0 fully saturated rings. The molecule has 0 saturated heterocycles. The second-order valence-corrected chi connectivity index (χ2v) is 3.77. The molecular formula is C10H15N5. The van der Waals surface area contributed by atoms with Crippen LogP contribution in [0.25, 0.3) is 0 Å². The summed E-state index contributed by atoms with van der Waals surface area (Å²) in [5.74, 6) is 1.17. The minimum atomic E-state index is 0.214. The zero-order valence-electron chi connectivity index (χ0n) is 9.15. The van der Waals surface area contributed by atoms with Crippen LogP contribution in [0.1, 0.15) is 26.3 Å². The fourth-order valence-electron chi connectivity index (χ4n) is 1.00. The maximum absolute atomic E-state index is 8.90. The van der Waals surface area contributed by atoms with Crippen molar-refractivity contribution in [1.82, 2.24) is 9.97 Å². The molecule has 1 aromatic rings. The molecule has 0 aliphatic rings. The Bertz CT molecular complexity index is 380. The van der Waals surface area contributed by atoms with Gasteiger partial charge in [0, 0.05) is 6.04 Å². The van der Waals surface area contributed by atoms with E-state index in [1.807, 2.05) is 13.0 Å². The Kier molecular flexibility index (Phi) is 3.45. The zero-order valence-corrected chi connectivity index (χ0v) is 9.15. The molecule has 5 nitrogen and oxygen atoms in total. The first-order valence-corrected chi connectivity index (χ1v) is 4.83. The van der Waals surface area contributed by atoms with Crippen LogP contribution in [0.2, 0.25) is 0 Å². The first kappa shape index (κ1) is 11.2. The van der Waals surface area contributed by atoms with Gasteiger partial charge in [0.25, 0.3) is 0 Å². The summed E-state index contributed by atoms with van der Waals surface area (Å²) in [6.45, 7) is 6.21. The van der Waals surface area contributed by atoms with E-state index in [0.717, 1.165) is 0 Å². The molecule has 1 rings (SSSR count). The Labute approximate surface area is 89.3 Å². The third-order valence-electron chi connectivity index (χ3n) is 2.35. The molecule has 0 spiro atoms. The van der Waals surface area contributed by atoms with Crippen molar-refractivity contribution in [1.29, 1.82) is 5.26 Å². The van der Waals surface area contributed by atoms with E-state index in [1.54, 1.807) is 0 Å². The molecule has 0 aliphatic carbocycles. The van der Waals surface area contributed by atoms with Gasteiger partial charge in [-0.3, -0.25) is 0 Å². The average Bonchev–Trinajstić information content (AvgIpc) is 2.18. The van der Waals surface area contributed by atoms with Crippen molar-refractivity contribution >= 4 is 11.6 Å². The normalized spacial score (nSPS) is 12.2. The molecule has 15 heavy (non-hydrogen) atoms. The van der Waals surface area contributed by atoms with Gasteiger partial charge in [0.2, 0.25) is 0 Å². The van der Waals surface area contributed by atoms with Crippen molar-refractivity contribution in [3.05, 3.63) is 11.9 Å². The lowest BCUT2D eigenvalue weighted by Gasteiger charge is -2.18. The molecule has 0 aromatic carbocycles. The Balaban J connectivity index is 2.96. The number of rotatable bonds is 3. The summed E-state index contributed by atoms with van der Waals surface area (Å²) in [5.41, 5.74) is 5.88. The number of nitrogens with one attached hydrogen (secondary N) is 1. The highest BCUT2D eigenvalue weighted by Crippen LogP contribution is 2.17. The van der Waals surface area contributed by atoms with E-state index in [1.165, 1.54) is 6.33 Å². The SMILES string of the molecule is CC(C)[C@H](C)Nc1ncnc(N)c1C#N. The van der Waals surface area contributed by atoms with Crippen molar-refractivity contribution in [2.24, 2.45) is 5.92 Å². The molecule has 0 unspecified atom stereocenters. The molecule has 3 N–H and O–H groups in total. The Hall–Kier alpha value is -1.83. The quantitative estimate of drug-likeness (QED) is 0.778. The fraction of sp³-hybridized carbons (Fsp3) is 0.500. The molecule has 0 radical (unpaired) electrons. The van der Waals surface area contributed by atoms with Crippen molar-refractivity contribution in [2.75, 3.05) is 11.1 Å². The van der Waals surface area contributed by atoms with Crippen molar-refractivity contribution in [3.63, 3.8) is 0 Å². The summed E-state index contributed by atoms with van der Waals surface area (Å²) in [7, 11) is 0. The van der Waals surface area contributed by atoms with Crippen LogP contribution in [0, 0.1) is 17.2 Å². The van der Waals surface area contributed by atoms with Gasteiger partial charge in [-0.25, -0.2) is 9.97 Å². The lowest BCUT2D eigenvalue weighted by Crippen LogP contribution is -2.23. The smallest absolute Gasteiger partial charge is 0.149 e. The van der Waals surface area contributed by atoms with Gasteiger partial charge in [0.15, 0.2) is 0 Å². The van der Waals surface area contributed by atoms with Gasteiger partial charge in [0.1, 0.15) is 29.6 Å². The maximum Gasteiger partial charge on any atom is 0.149 e. The predicted molar refractivity (Wildman–Crippen MR) is 59.1 cm³/mol. The van der Waals surface area contributed by atoms with Gasteiger partial charge in [-0.2, -0.15) is 5.26 Å². The molecule has 0 saturated carbocycles. The third-order valence-corrected chi connectivity index (χ3v) is 2.35. The Morgan fingerprint density at radius 1 is 1.40 bits per heavy atom. The number of nitriles is 1. The summed E-state index contributed by atoms with van der Waals surface area (Å²) < 4.78 is 0. The average molecular weight is 205 g/mol. The van der Waals surface area contributed by atoms with E-state index in [0.29, 0.717) is 17.3 Å². The van der Waals surface area contributed by atoms with Crippen LogP contribution in [0.3, 0.4) is 0 Å². The van der Waals surface area contributed by atoms with Crippen LogP contribution in [0.4, 0.5) is 11.6 Å². The number of hydrogen-bond donors (Lipinski definition) is 2. The monoisotopic (exact) mass is 205 g/mol. The highest BCUT2D eigenvalue weighted by atomic mass is 15.1. The first-order chi connectivity index (χ1) is 7.06. The zero-order chi connectivity index (χ0) is 11.4. The molecule has 5 heteroatoms. The predicted octanol–water partition coefficient (Wildman–Crippen LogP) is 1.39.